The number of aliphatic hydroxyl groups is 3. The fraction of sp³-hybridized carbons (Fsp3) is 0.316. The minimum Gasteiger partial charge on any atom is -0.394 e. The summed E-state index contributed by atoms with van der Waals surface area (Å²) >= 11 is 0. The Balaban J connectivity index is 2.54. The van der Waals surface area contributed by atoms with E-state index in [0.29, 0.717) is 5.56 Å². The van der Waals surface area contributed by atoms with Gasteiger partial charge in [-0.1, -0.05) is 6.07 Å². The van der Waals surface area contributed by atoms with Gasteiger partial charge in [-0.2, -0.15) is 0 Å². The number of ketones is 1. The first-order valence-corrected chi connectivity index (χ1v) is 8.40. The highest BCUT2D eigenvalue weighted by Gasteiger charge is 2.37. The summed E-state index contributed by atoms with van der Waals surface area (Å²) in [4.78, 5) is 38.2. The van der Waals surface area contributed by atoms with E-state index in [4.69, 9.17) is 0 Å². The first-order valence-electron chi connectivity index (χ1n) is 8.40. The summed E-state index contributed by atoms with van der Waals surface area (Å²) in [5.41, 5.74) is -1.84. The Hall–Kier alpha value is -2.88. The number of nitrogens with one attached hydrogen (secondary N) is 1. The van der Waals surface area contributed by atoms with Gasteiger partial charge in [-0.3, -0.25) is 19.0 Å². The Kier molecular flexibility index (Phi) is 6.79. The number of pyridine rings is 1. The van der Waals surface area contributed by atoms with Crippen LogP contribution in [0.25, 0.3) is 0 Å². The van der Waals surface area contributed by atoms with Crippen molar-refractivity contribution in [2.24, 2.45) is 0 Å². The fourth-order valence-corrected chi connectivity index (χ4v) is 2.56. The zero-order valence-corrected chi connectivity index (χ0v) is 15.1. The van der Waals surface area contributed by atoms with Crippen LogP contribution in [0, 0.1) is 12.7 Å². The zero-order valence-electron chi connectivity index (χ0n) is 15.1. The Bertz CT molecular complexity index is 897. The van der Waals surface area contributed by atoms with Crippen LogP contribution in [-0.4, -0.2) is 56.9 Å². The minimum absolute atomic E-state index is 0.0162. The highest BCUT2D eigenvalue weighted by Crippen LogP contribution is 2.17. The molecule has 1 atom stereocenters. The van der Waals surface area contributed by atoms with Crippen molar-refractivity contribution in [2.45, 2.75) is 18.5 Å². The maximum absolute atomic E-state index is 13.2. The number of rotatable bonds is 8. The lowest BCUT2D eigenvalue weighted by atomic mass is 9.99. The summed E-state index contributed by atoms with van der Waals surface area (Å²) < 4.78 is 14.1. The number of aromatic nitrogens is 1. The summed E-state index contributed by atoms with van der Waals surface area (Å²) in [6.07, 6.45) is 1.31. The van der Waals surface area contributed by atoms with E-state index < -0.39 is 54.5 Å². The van der Waals surface area contributed by atoms with Crippen LogP contribution in [0.4, 0.5) is 4.39 Å². The van der Waals surface area contributed by atoms with Gasteiger partial charge >= 0.3 is 0 Å². The number of benzene rings is 1. The van der Waals surface area contributed by atoms with Crippen molar-refractivity contribution < 1.29 is 29.3 Å². The zero-order chi connectivity index (χ0) is 20.9. The largest absolute Gasteiger partial charge is 0.394 e. The molecule has 0 aliphatic rings. The third kappa shape index (κ3) is 4.50. The molecule has 150 valence electrons. The number of aliphatic hydroxyl groups excluding tert-OH is 3. The number of halogens is 1. The lowest BCUT2D eigenvalue weighted by molar-refractivity contribution is -0.127. The number of carbonyl (C=O) groups excluding carboxylic acids is 2. The van der Waals surface area contributed by atoms with Gasteiger partial charge in [-0.15, -0.1) is 0 Å². The van der Waals surface area contributed by atoms with Crippen LogP contribution in [0.1, 0.15) is 22.0 Å². The van der Waals surface area contributed by atoms with Crippen molar-refractivity contribution in [2.75, 3.05) is 19.8 Å². The lowest BCUT2D eigenvalue weighted by Crippen LogP contribution is -2.59. The second-order valence-corrected chi connectivity index (χ2v) is 6.47. The lowest BCUT2D eigenvalue weighted by Gasteiger charge is -2.31. The number of carbonyl (C=O) groups is 2. The number of Topliss-reactive ketones (excluding diaryl/α,β-unsaturated/α-hetero) is 1. The average Bonchev–Trinajstić information content (AvgIpc) is 2.69. The molecule has 0 bridgehead atoms. The highest BCUT2D eigenvalue weighted by atomic mass is 19.1. The summed E-state index contributed by atoms with van der Waals surface area (Å²) in [5, 5.41) is 30.5. The Morgan fingerprint density at radius 1 is 1.07 bits per heavy atom. The average molecular weight is 392 g/mol. The predicted molar refractivity (Wildman–Crippen MR) is 97.3 cm³/mol. The van der Waals surface area contributed by atoms with E-state index in [1.807, 2.05) is 0 Å². The third-order valence-corrected chi connectivity index (χ3v) is 4.29. The molecule has 0 fully saturated rings. The second kappa shape index (κ2) is 8.87. The van der Waals surface area contributed by atoms with Crippen LogP contribution < -0.4 is 10.9 Å². The smallest absolute Gasteiger partial charge is 0.251 e. The van der Waals surface area contributed by atoms with Crippen LogP contribution in [0.2, 0.25) is 0 Å². The van der Waals surface area contributed by atoms with E-state index in [1.165, 1.54) is 30.5 Å². The van der Waals surface area contributed by atoms with Gasteiger partial charge in [0.15, 0.2) is 11.8 Å². The fourth-order valence-electron chi connectivity index (χ4n) is 2.56. The van der Waals surface area contributed by atoms with E-state index in [-0.39, 0.29) is 5.56 Å². The molecular formula is C19H21FN2O6. The molecule has 1 unspecified atom stereocenters. The van der Waals surface area contributed by atoms with Gasteiger partial charge in [-0.05, 0) is 36.8 Å². The molecule has 0 radical (unpaired) electrons. The molecule has 28 heavy (non-hydrogen) atoms. The maximum Gasteiger partial charge on any atom is 0.251 e. The van der Waals surface area contributed by atoms with Crippen molar-refractivity contribution in [3.63, 3.8) is 0 Å². The standard InChI is InChI=1S/C19H21FN2O6/c1-12-2-7-15(26)22(8-12)16(17(27)13-3-5-14(20)6-4-13)18(28)21-19(9-23,10-24)11-25/h2-8,16,23-25H,9-11H2,1H3,(H,21,28). The molecular weight excluding hydrogens is 371 g/mol. The van der Waals surface area contributed by atoms with Crippen LogP contribution >= 0.6 is 0 Å². The van der Waals surface area contributed by atoms with Gasteiger partial charge in [-0.25, -0.2) is 4.39 Å². The second-order valence-electron chi connectivity index (χ2n) is 6.47. The molecule has 2 rings (SSSR count). The van der Waals surface area contributed by atoms with Crippen molar-refractivity contribution in [3.8, 4) is 0 Å². The number of amides is 1. The van der Waals surface area contributed by atoms with E-state index >= 15 is 0 Å². The molecule has 8 nitrogen and oxygen atoms in total. The number of hydrogen-bond donors (Lipinski definition) is 4. The topological polar surface area (TPSA) is 129 Å². The van der Waals surface area contributed by atoms with Crippen molar-refractivity contribution in [3.05, 3.63) is 69.9 Å². The van der Waals surface area contributed by atoms with Gasteiger partial charge in [0.1, 0.15) is 11.4 Å². The Labute approximate surface area is 159 Å². The van der Waals surface area contributed by atoms with Gasteiger partial charge in [0.25, 0.3) is 11.5 Å². The van der Waals surface area contributed by atoms with E-state index in [0.717, 1.165) is 16.7 Å². The molecule has 1 amide bonds. The predicted octanol–water partition coefficient (Wildman–Crippen LogP) is -0.448. The quantitative estimate of drug-likeness (QED) is 0.356. The van der Waals surface area contributed by atoms with Crippen molar-refractivity contribution in [1.82, 2.24) is 9.88 Å². The first kappa shape index (κ1) is 21.4. The van der Waals surface area contributed by atoms with Crippen LogP contribution in [0.3, 0.4) is 0 Å². The first-order chi connectivity index (χ1) is 13.3. The molecule has 0 spiro atoms. The summed E-state index contributed by atoms with van der Waals surface area (Å²) in [5.74, 6) is -2.39. The molecule has 9 heteroatoms. The molecule has 1 heterocycles. The molecule has 1 aromatic heterocycles. The van der Waals surface area contributed by atoms with Crippen LogP contribution in [-0.2, 0) is 4.79 Å². The molecule has 4 N–H and O–H groups in total. The normalized spacial score (nSPS) is 12.5. The van der Waals surface area contributed by atoms with Crippen molar-refractivity contribution >= 4 is 11.7 Å². The number of hydrogen-bond acceptors (Lipinski definition) is 6. The minimum atomic E-state index is -1.79. The SMILES string of the molecule is Cc1ccc(=O)n(C(C(=O)NC(CO)(CO)CO)C(=O)c2ccc(F)cc2)c1. The van der Waals surface area contributed by atoms with E-state index in [2.05, 4.69) is 5.32 Å². The molecule has 2 aromatic rings. The van der Waals surface area contributed by atoms with Gasteiger partial charge < -0.3 is 20.6 Å². The maximum atomic E-state index is 13.2. The summed E-state index contributed by atoms with van der Waals surface area (Å²) in [6, 6.07) is 5.44. The van der Waals surface area contributed by atoms with Crippen molar-refractivity contribution in [1.29, 1.82) is 0 Å². The van der Waals surface area contributed by atoms with E-state index in [1.54, 1.807) is 6.92 Å². The highest BCUT2D eigenvalue weighted by molar-refractivity contribution is 6.12. The number of nitrogens with zero attached hydrogens (tertiary/aromatic N) is 1. The molecule has 0 aliphatic heterocycles. The molecule has 0 aliphatic carbocycles. The molecule has 0 saturated carbocycles. The Morgan fingerprint density at radius 3 is 2.18 bits per heavy atom. The van der Waals surface area contributed by atoms with Crippen LogP contribution in [0.15, 0.2) is 47.4 Å². The molecule has 1 aromatic carbocycles. The Morgan fingerprint density at radius 2 is 1.64 bits per heavy atom. The summed E-state index contributed by atoms with van der Waals surface area (Å²) in [7, 11) is 0. The van der Waals surface area contributed by atoms with Crippen LogP contribution in [0.5, 0.6) is 0 Å². The van der Waals surface area contributed by atoms with Gasteiger partial charge in [0, 0.05) is 17.8 Å². The van der Waals surface area contributed by atoms with E-state index in [9.17, 15) is 34.1 Å². The van der Waals surface area contributed by atoms with Gasteiger partial charge in [0.05, 0.1) is 19.8 Å². The molecule has 0 saturated heterocycles. The monoisotopic (exact) mass is 392 g/mol. The van der Waals surface area contributed by atoms with Gasteiger partial charge in [0.2, 0.25) is 0 Å². The third-order valence-electron chi connectivity index (χ3n) is 4.29. The summed E-state index contributed by atoms with van der Waals surface area (Å²) in [6.45, 7) is -0.740. The number of aryl methyl sites for hydroxylation is 1.